The summed E-state index contributed by atoms with van der Waals surface area (Å²) in [5.74, 6) is -0.407. The molecule has 30 heavy (non-hydrogen) atoms. The van der Waals surface area contributed by atoms with Gasteiger partial charge in [0, 0.05) is 29.7 Å². The van der Waals surface area contributed by atoms with E-state index >= 15 is 0 Å². The van der Waals surface area contributed by atoms with E-state index in [0.29, 0.717) is 43.2 Å². The predicted octanol–water partition coefficient (Wildman–Crippen LogP) is 3.25. The number of hydrogen-bond donors (Lipinski definition) is 0. The molecule has 0 bridgehead atoms. The van der Waals surface area contributed by atoms with Gasteiger partial charge in [0.1, 0.15) is 0 Å². The van der Waals surface area contributed by atoms with Gasteiger partial charge in [-0.2, -0.15) is 9.30 Å². The Labute approximate surface area is 186 Å². The molecule has 10 heteroatoms. The van der Waals surface area contributed by atoms with Gasteiger partial charge in [-0.25, -0.2) is 8.42 Å². The van der Waals surface area contributed by atoms with Crippen LogP contribution in [0.5, 0.6) is 0 Å². The van der Waals surface area contributed by atoms with Crippen LogP contribution in [-0.4, -0.2) is 49.5 Å². The second-order valence-electron chi connectivity index (χ2n) is 6.67. The number of rotatable bonds is 4. The van der Waals surface area contributed by atoms with Crippen LogP contribution in [-0.2, 0) is 21.3 Å². The van der Waals surface area contributed by atoms with Crippen molar-refractivity contribution >= 4 is 53.4 Å². The van der Waals surface area contributed by atoms with E-state index in [1.165, 1.54) is 39.9 Å². The van der Waals surface area contributed by atoms with Crippen LogP contribution in [0.4, 0.5) is 0 Å². The molecule has 1 aromatic heterocycles. The fourth-order valence-corrected chi connectivity index (χ4v) is 6.56. The molecule has 2 heterocycles. The minimum Gasteiger partial charge on any atom is -0.379 e. The second-order valence-corrected chi connectivity index (χ2v) is 10.5. The summed E-state index contributed by atoms with van der Waals surface area (Å²) in [5.41, 5.74) is 1.35. The van der Waals surface area contributed by atoms with E-state index in [9.17, 15) is 13.2 Å². The summed E-state index contributed by atoms with van der Waals surface area (Å²) in [6.07, 6.45) is 0. The third kappa shape index (κ3) is 4.02. The number of ether oxygens (including phenoxy) is 1. The number of benzene rings is 2. The number of sulfonamides is 1. The molecule has 0 saturated carbocycles. The van der Waals surface area contributed by atoms with Crippen molar-refractivity contribution in [1.29, 1.82) is 0 Å². The first-order valence-electron chi connectivity index (χ1n) is 9.46. The molecule has 1 aliphatic heterocycles. The maximum absolute atomic E-state index is 12.7. The van der Waals surface area contributed by atoms with Crippen molar-refractivity contribution in [2.24, 2.45) is 4.99 Å². The number of carbonyl (C=O) groups excluding carboxylic acids is 1. The summed E-state index contributed by atoms with van der Waals surface area (Å²) in [7, 11) is -3.59. The fraction of sp³-hybridized carbons (Fsp3) is 0.300. The molecule has 3 aromatic rings. The van der Waals surface area contributed by atoms with Gasteiger partial charge in [-0.15, -0.1) is 0 Å². The largest absolute Gasteiger partial charge is 0.379 e. The number of morpholine rings is 1. The molecule has 1 saturated heterocycles. The zero-order valence-electron chi connectivity index (χ0n) is 16.2. The quantitative estimate of drug-likeness (QED) is 0.540. The minimum absolute atomic E-state index is 0.162. The number of para-hydroxylation sites is 1. The lowest BCUT2D eigenvalue weighted by Crippen LogP contribution is -2.40. The van der Waals surface area contributed by atoms with Crippen molar-refractivity contribution in [3.8, 4) is 0 Å². The Hall–Kier alpha value is -1.85. The molecule has 7 nitrogen and oxygen atoms in total. The van der Waals surface area contributed by atoms with Crippen LogP contribution in [0.25, 0.3) is 10.2 Å². The van der Waals surface area contributed by atoms with Gasteiger partial charge in [-0.1, -0.05) is 17.4 Å². The highest BCUT2D eigenvalue weighted by atomic mass is 79.9. The molecular weight excluding hydrogens is 490 g/mol. The first kappa shape index (κ1) is 21.4. The topological polar surface area (TPSA) is 81.0 Å². The third-order valence-electron chi connectivity index (χ3n) is 4.87. The van der Waals surface area contributed by atoms with Crippen LogP contribution in [0.3, 0.4) is 0 Å². The Balaban J connectivity index is 1.65. The van der Waals surface area contributed by atoms with E-state index in [0.717, 1.165) is 14.7 Å². The summed E-state index contributed by atoms with van der Waals surface area (Å²) in [6.45, 7) is 4.11. The van der Waals surface area contributed by atoms with Crippen LogP contribution < -0.4 is 4.80 Å². The number of amides is 1. The van der Waals surface area contributed by atoms with Crippen LogP contribution in [0.15, 0.2) is 56.8 Å². The monoisotopic (exact) mass is 509 g/mol. The van der Waals surface area contributed by atoms with Crippen molar-refractivity contribution < 1.29 is 17.9 Å². The molecule has 1 fully saturated rings. The number of aromatic nitrogens is 1. The maximum atomic E-state index is 12.7. The Morgan fingerprint density at radius 1 is 1.17 bits per heavy atom. The Morgan fingerprint density at radius 2 is 1.87 bits per heavy atom. The van der Waals surface area contributed by atoms with Gasteiger partial charge >= 0.3 is 0 Å². The molecule has 158 valence electrons. The molecule has 0 aliphatic carbocycles. The van der Waals surface area contributed by atoms with Crippen LogP contribution in [0, 0.1) is 0 Å². The lowest BCUT2D eigenvalue weighted by molar-refractivity contribution is 0.0730. The highest BCUT2D eigenvalue weighted by Gasteiger charge is 2.26. The molecule has 4 rings (SSSR count). The lowest BCUT2D eigenvalue weighted by Gasteiger charge is -2.26. The third-order valence-corrected chi connectivity index (χ3v) is 8.47. The summed E-state index contributed by atoms with van der Waals surface area (Å²) in [4.78, 5) is 17.8. The predicted molar refractivity (Wildman–Crippen MR) is 119 cm³/mol. The number of aryl methyl sites for hydroxylation is 1. The summed E-state index contributed by atoms with van der Waals surface area (Å²) < 4.78 is 36.0. The molecular formula is C20H20BrN3O4S2. The van der Waals surface area contributed by atoms with Crippen molar-refractivity contribution in [2.45, 2.75) is 18.4 Å². The number of halogens is 1. The fourth-order valence-electron chi connectivity index (χ4n) is 3.32. The van der Waals surface area contributed by atoms with E-state index in [1.807, 2.05) is 29.7 Å². The van der Waals surface area contributed by atoms with Crippen molar-refractivity contribution in [3.63, 3.8) is 0 Å². The zero-order chi connectivity index (χ0) is 21.3. The van der Waals surface area contributed by atoms with Crippen LogP contribution in [0.2, 0.25) is 0 Å². The summed E-state index contributed by atoms with van der Waals surface area (Å²) in [5, 5.41) is 0. The van der Waals surface area contributed by atoms with Gasteiger partial charge < -0.3 is 9.30 Å². The summed E-state index contributed by atoms with van der Waals surface area (Å²) in [6, 6.07) is 11.8. The number of thiazole rings is 1. The number of nitrogens with zero attached hydrogens (tertiary/aromatic N) is 3. The first-order valence-corrected chi connectivity index (χ1v) is 12.5. The first-order chi connectivity index (χ1) is 14.4. The van der Waals surface area contributed by atoms with Crippen molar-refractivity contribution in [1.82, 2.24) is 8.87 Å². The highest BCUT2D eigenvalue weighted by molar-refractivity contribution is 9.10. The van der Waals surface area contributed by atoms with Gasteiger partial charge in [0.15, 0.2) is 4.80 Å². The van der Waals surface area contributed by atoms with Crippen LogP contribution >= 0.6 is 27.3 Å². The molecule has 0 radical (unpaired) electrons. The molecule has 0 unspecified atom stereocenters. The Bertz CT molecular complexity index is 1260. The van der Waals surface area contributed by atoms with Crippen molar-refractivity contribution in [3.05, 3.63) is 57.3 Å². The molecule has 1 aliphatic rings. The van der Waals surface area contributed by atoms with Gasteiger partial charge in [0.25, 0.3) is 5.91 Å². The normalized spacial score (nSPS) is 16.3. The highest BCUT2D eigenvalue weighted by Crippen LogP contribution is 2.26. The molecule has 0 spiro atoms. The van der Waals surface area contributed by atoms with E-state index in [1.54, 1.807) is 0 Å². The van der Waals surface area contributed by atoms with Gasteiger partial charge in [0.05, 0.1) is 28.3 Å². The molecule has 1 amide bonds. The second kappa shape index (κ2) is 8.72. The van der Waals surface area contributed by atoms with Gasteiger partial charge in [-0.3, -0.25) is 4.79 Å². The lowest BCUT2D eigenvalue weighted by atomic mass is 10.2. The standard InChI is InChI=1S/C20H20BrN3O4S2/c1-2-24-18-16(21)4-3-5-17(18)29-20(24)22-19(25)14-6-8-15(9-7-14)30(26,27)23-10-12-28-13-11-23/h3-9H,2,10-13H2,1H3. The summed E-state index contributed by atoms with van der Waals surface area (Å²) >= 11 is 5.01. The van der Waals surface area contributed by atoms with Crippen LogP contribution in [0.1, 0.15) is 17.3 Å². The molecule has 0 N–H and O–H groups in total. The number of hydrogen-bond acceptors (Lipinski definition) is 5. The van der Waals surface area contributed by atoms with E-state index < -0.39 is 15.9 Å². The zero-order valence-corrected chi connectivity index (χ0v) is 19.5. The molecule has 2 aromatic carbocycles. The van der Waals surface area contributed by atoms with E-state index in [4.69, 9.17) is 4.74 Å². The van der Waals surface area contributed by atoms with Crippen molar-refractivity contribution in [2.75, 3.05) is 26.3 Å². The van der Waals surface area contributed by atoms with Gasteiger partial charge in [-0.05, 0) is 59.3 Å². The van der Waals surface area contributed by atoms with E-state index in [2.05, 4.69) is 20.9 Å². The molecule has 0 atom stereocenters. The number of fused-ring (bicyclic) bond motifs is 1. The van der Waals surface area contributed by atoms with Gasteiger partial charge in [0.2, 0.25) is 10.0 Å². The SMILES string of the molecule is CCn1c(=NC(=O)c2ccc(S(=O)(=O)N3CCOCC3)cc2)sc2cccc(Br)c21. The average molecular weight is 510 g/mol. The van der Waals surface area contributed by atoms with E-state index in [-0.39, 0.29) is 4.90 Å². The average Bonchev–Trinajstić information content (AvgIpc) is 3.12. The Morgan fingerprint density at radius 3 is 2.53 bits per heavy atom. The maximum Gasteiger partial charge on any atom is 0.279 e. The Kier molecular flexibility index (Phi) is 6.21. The minimum atomic E-state index is -3.59. The number of carbonyl (C=O) groups is 1. The smallest absolute Gasteiger partial charge is 0.279 e.